The van der Waals surface area contributed by atoms with E-state index in [1.165, 1.54) is 5.71 Å². The van der Waals surface area contributed by atoms with Crippen LogP contribution in [0.4, 0.5) is 5.82 Å². The molecule has 0 aromatic carbocycles. The molecule has 4 nitrogen and oxygen atoms in total. The highest BCUT2D eigenvalue weighted by atomic mass is 16.5. The second-order valence-corrected chi connectivity index (χ2v) is 4.23. The first-order valence-corrected chi connectivity index (χ1v) is 5.80. The van der Waals surface area contributed by atoms with Crippen LogP contribution in [0.2, 0.25) is 0 Å². The molecule has 0 radical (unpaired) electrons. The number of ether oxygens (including phenoxy) is 1. The van der Waals surface area contributed by atoms with Crippen molar-refractivity contribution in [1.82, 2.24) is 4.98 Å². The first-order chi connectivity index (χ1) is 8.24. The molecule has 0 amide bonds. The summed E-state index contributed by atoms with van der Waals surface area (Å²) in [6.45, 7) is 2.82. The van der Waals surface area contributed by atoms with Crippen LogP contribution in [0.5, 0.6) is 5.75 Å². The fourth-order valence-corrected chi connectivity index (χ4v) is 1.76. The molecule has 0 fully saturated rings. The number of rotatable bonds is 4. The number of aliphatic imine (C=N–C) groups is 1. The molecule has 90 valence electrons. The molecular formula is C13H17N3O. The minimum Gasteiger partial charge on any atom is -0.493 e. The molecule has 2 rings (SSSR count). The van der Waals surface area contributed by atoms with Gasteiger partial charge in [0.15, 0.2) is 0 Å². The first kappa shape index (κ1) is 11.6. The molecule has 1 aromatic heterocycles. The summed E-state index contributed by atoms with van der Waals surface area (Å²) in [6.07, 6.45) is 7.53. The smallest absolute Gasteiger partial charge is 0.126 e. The van der Waals surface area contributed by atoms with Gasteiger partial charge in [-0.05, 0) is 18.4 Å². The number of nitrogen functional groups attached to an aromatic ring is 1. The average Bonchev–Trinajstić information content (AvgIpc) is 2.29. The molecule has 1 atom stereocenters. The average molecular weight is 231 g/mol. The Bertz CT molecular complexity index is 440. The first-order valence-electron chi connectivity index (χ1n) is 5.80. The number of pyridine rings is 1. The van der Waals surface area contributed by atoms with Crippen molar-refractivity contribution in [2.45, 2.75) is 19.8 Å². The molecule has 0 aliphatic carbocycles. The van der Waals surface area contributed by atoms with Crippen molar-refractivity contribution in [3.05, 3.63) is 30.6 Å². The minimum absolute atomic E-state index is 0.481. The Kier molecular flexibility index (Phi) is 3.75. The Balaban J connectivity index is 1.80. The summed E-state index contributed by atoms with van der Waals surface area (Å²) in [5.41, 5.74) is 6.76. The minimum atomic E-state index is 0.481. The molecule has 0 spiro atoms. The van der Waals surface area contributed by atoms with Gasteiger partial charge in [-0.25, -0.2) is 4.98 Å². The van der Waals surface area contributed by atoms with Crippen molar-refractivity contribution in [3.63, 3.8) is 0 Å². The van der Waals surface area contributed by atoms with Gasteiger partial charge in [0.2, 0.25) is 0 Å². The lowest BCUT2D eigenvalue weighted by Crippen LogP contribution is -2.11. The van der Waals surface area contributed by atoms with E-state index in [1.807, 2.05) is 12.3 Å². The van der Waals surface area contributed by atoms with Crippen LogP contribution in [0.25, 0.3) is 0 Å². The highest BCUT2D eigenvalue weighted by Gasteiger charge is 2.08. The van der Waals surface area contributed by atoms with E-state index in [4.69, 9.17) is 10.5 Å². The largest absolute Gasteiger partial charge is 0.493 e. The van der Waals surface area contributed by atoms with Gasteiger partial charge in [0.05, 0.1) is 6.61 Å². The molecule has 1 aliphatic rings. The van der Waals surface area contributed by atoms with Crippen LogP contribution in [0, 0.1) is 5.92 Å². The van der Waals surface area contributed by atoms with Crippen LogP contribution < -0.4 is 10.5 Å². The third-order valence-corrected chi connectivity index (χ3v) is 2.64. The van der Waals surface area contributed by atoms with Gasteiger partial charge in [0.25, 0.3) is 0 Å². The molecule has 2 heterocycles. The monoisotopic (exact) mass is 231 g/mol. The maximum Gasteiger partial charge on any atom is 0.126 e. The number of hydrogen-bond acceptors (Lipinski definition) is 4. The quantitative estimate of drug-likeness (QED) is 0.865. The lowest BCUT2D eigenvalue weighted by atomic mass is 10.0. The maximum atomic E-state index is 5.60. The lowest BCUT2D eigenvalue weighted by Gasteiger charge is -2.13. The number of allylic oxidation sites excluding steroid dienone is 1. The summed E-state index contributed by atoms with van der Waals surface area (Å²) in [7, 11) is 0. The zero-order valence-corrected chi connectivity index (χ0v) is 9.97. The van der Waals surface area contributed by atoms with Gasteiger partial charge in [0, 0.05) is 30.6 Å². The van der Waals surface area contributed by atoms with E-state index >= 15 is 0 Å². The van der Waals surface area contributed by atoms with Crippen LogP contribution in [0.3, 0.4) is 0 Å². The van der Waals surface area contributed by atoms with Crippen molar-refractivity contribution in [2.24, 2.45) is 10.9 Å². The number of aromatic nitrogens is 1. The Morgan fingerprint density at radius 1 is 1.53 bits per heavy atom. The molecule has 2 N–H and O–H groups in total. The van der Waals surface area contributed by atoms with Gasteiger partial charge < -0.3 is 10.5 Å². The summed E-state index contributed by atoms with van der Waals surface area (Å²) < 4.78 is 5.60. The molecular weight excluding hydrogens is 214 g/mol. The Morgan fingerprint density at radius 2 is 2.41 bits per heavy atom. The predicted octanol–water partition coefficient (Wildman–Crippen LogP) is 2.43. The fourth-order valence-electron chi connectivity index (χ4n) is 1.76. The third-order valence-electron chi connectivity index (χ3n) is 2.64. The van der Waals surface area contributed by atoms with Gasteiger partial charge in [-0.1, -0.05) is 13.0 Å². The Labute approximate surface area is 101 Å². The summed E-state index contributed by atoms with van der Waals surface area (Å²) in [5, 5.41) is 0. The van der Waals surface area contributed by atoms with E-state index in [0.717, 1.165) is 18.6 Å². The van der Waals surface area contributed by atoms with Gasteiger partial charge in [-0.2, -0.15) is 0 Å². The topological polar surface area (TPSA) is 60.5 Å². The fraction of sp³-hybridized carbons (Fsp3) is 0.385. The van der Waals surface area contributed by atoms with E-state index in [1.54, 1.807) is 12.3 Å². The predicted molar refractivity (Wildman–Crippen MR) is 69.1 cm³/mol. The second-order valence-electron chi connectivity index (χ2n) is 4.23. The molecule has 1 aliphatic heterocycles. The van der Waals surface area contributed by atoms with E-state index in [0.29, 0.717) is 18.3 Å². The lowest BCUT2D eigenvalue weighted by molar-refractivity contribution is 0.328. The summed E-state index contributed by atoms with van der Waals surface area (Å²) >= 11 is 0. The highest BCUT2D eigenvalue weighted by Crippen LogP contribution is 2.15. The van der Waals surface area contributed by atoms with Crippen LogP contribution in [0.1, 0.15) is 19.8 Å². The highest BCUT2D eigenvalue weighted by molar-refractivity contribution is 5.86. The van der Waals surface area contributed by atoms with Crippen LogP contribution >= 0.6 is 0 Å². The number of hydrogen-bond donors (Lipinski definition) is 1. The zero-order chi connectivity index (χ0) is 12.1. The standard InChI is InChI=1S/C13H17N3O/c1-10-2-5-15-11(8-10)4-7-17-12-3-6-16-13(14)9-12/h2-3,5-6,9-10H,4,7-8H2,1H3,(H2,14,16). The van der Waals surface area contributed by atoms with Gasteiger partial charge in [-0.15, -0.1) is 0 Å². The summed E-state index contributed by atoms with van der Waals surface area (Å²) in [4.78, 5) is 8.26. The molecule has 0 saturated carbocycles. The SMILES string of the molecule is CC1C=CN=C(CCOc2ccnc(N)c2)C1. The zero-order valence-electron chi connectivity index (χ0n) is 9.97. The van der Waals surface area contributed by atoms with Gasteiger partial charge in [0.1, 0.15) is 11.6 Å². The molecule has 0 bridgehead atoms. The Morgan fingerprint density at radius 3 is 3.18 bits per heavy atom. The van der Waals surface area contributed by atoms with Crippen molar-refractivity contribution in [3.8, 4) is 5.75 Å². The van der Waals surface area contributed by atoms with Crippen molar-refractivity contribution >= 4 is 11.5 Å². The molecule has 17 heavy (non-hydrogen) atoms. The molecule has 1 unspecified atom stereocenters. The second kappa shape index (κ2) is 5.48. The van der Waals surface area contributed by atoms with Crippen molar-refractivity contribution in [2.75, 3.05) is 12.3 Å². The van der Waals surface area contributed by atoms with E-state index < -0.39 is 0 Å². The Hall–Kier alpha value is -1.84. The maximum absolute atomic E-state index is 5.60. The number of nitrogens with two attached hydrogens (primary N) is 1. The summed E-state index contributed by atoms with van der Waals surface area (Å²) in [6, 6.07) is 3.53. The molecule has 1 aromatic rings. The van der Waals surface area contributed by atoms with Crippen LogP contribution in [-0.4, -0.2) is 17.3 Å². The van der Waals surface area contributed by atoms with Gasteiger partial charge in [-0.3, -0.25) is 4.99 Å². The molecule has 4 heteroatoms. The van der Waals surface area contributed by atoms with E-state index in [-0.39, 0.29) is 0 Å². The van der Waals surface area contributed by atoms with Crippen LogP contribution in [0.15, 0.2) is 35.6 Å². The molecule has 0 saturated heterocycles. The van der Waals surface area contributed by atoms with E-state index in [2.05, 4.69) is 23.0 Å². The summed E-state index contributed by atoms with van der Waals surface area (Å²) in [5.74, 6) is 1.82. The van der Waals surface area contributed by atoms with Gasteiger partial charge >= 0.3 is 0 Å². The number of anilines is 1. The van der Waals surface area contributed by atoms with Crippen molar-refractivity contribution in [1.29, 1.82) is 0 Å². The van der Waals surface area contributed by atoms with E-state index in [9.17, 15) is 0 Å². The number of nitrogens with zero attached hydrogens (tertiary/aromatic N) is 2. The van der Waals surface area contributed by atoms with Crippen LogP contribution in [-0.2, 0) is 0 Å². The normalized spacial score (nSPS) is 18.9. The van der Waals surface area contributed by atoms with Crippen molar-refractivity contribution < 1.29 is 4.74 Å². The third kappa shape index (κ3) is 3.59.